The molecule has 0 heterocycles. The summed E-state index contributed by atoms with van der Waals surface area (Å²) in [5, 5.41) is 7.19. The smallest absolute Gasteiger partial charge is 0.289 e. The van der Waals surface area contributed by atoms with E-state index in [-0.39, 0.29) is 19.4 Å². The number of rotatable bonds is 14. The van der Waals surface area contributed by atoms with Crippen molar-refractivity contribution < 1.29 is 32.4 Å². The highest BCUT2D eigenvalue weighted by molar-refractivity contribution is 7.90. The summed E-state index contributed by atoms with van der Waals surface area (Å²) in [5.41, 5.74) is 6.37. The summed E-state index contributed by atoms with van der Waals surface area (Å²) in [4.78, 5) is 61.7. The molecule has 2 aromatic carbocycles. The summed E-state index contributed by atoms with van der Waals surface area (Å²) in [6.07, 6.45) is 1.09. The molecule has 0 unspecified atom stereocenters. The lowest BCUT2D eigenvalue weighted by Gasteiger charge is -2.22. The molecule has 11 nitrogen and oxygen atoms in total. The zero-order valence-electron chi connectivity index (χ0n) is 20.2. The van der Waals surface area contributed by atoms with Gasteiger partial charge in [0.25, 0.3) is 5.91 Å². The Hall–Kier alpha value is -4.06. The SMILES string of the molecule is CS(=O)(=O)CC[C@H](NC(=O)[CH]C(N)=O)C(=O)N[C@@H](Cc1ccccc1)C(=O)C(=O)NCc1ccccc1. The third-order valence-corrected chi connectivity index (χ3v) is 6.10. The van der Waals surface area contributed by atoms with Crippen molar-refractivity contribution in [2.75, 3.05) is 12.0 Å². The van der Waals surface area contributed by atoms with Crippen molar-refractivity contribution >= 4 is 39.2 Å². The van der Waals surface area contributed by atoms with Gasteiger partial charge in [0.2, 0.25) is 23.5 Å². The summed E-state index contributed by atoms with van der Waals surface area (Å²) >= 11 is 0. The van der Waals surface area contributed by atoms with Gasteiger partial charge in [0.15, 0.2) is 0 Å². The van der Waals surface area contributed by atoms with E-state index >= 15 is 0 Å². The molecule has 4 amide bonds. The summed E-state index contributed by atoms with van der Waals surface area (Å²) in [5.74, 6) is -5.29. The molecular weight excluding hydrogens is 500 g/mol. The number of primary amides is 1. The first-order valence-electron chi connectivity index (χ1n) is 11.3. The zero-order valence-corrected chi connectivity index (χ0v) is 21.0. The molecule has 5 N–H and O–H groups in total. The molecule has 197 valence electrons. The van der Waals surface area contributed by atoms with E-state index in [1.54, 1.807) is 54.6 Å². The molecule has 0 aliphatic rings. The molecular formula is C25H29N4O7S. The molecule has 0 fully saturated rings. The molecule has 0 aliphatic heterocycles. The van der Waals surface area contributed by atoms with Crippen LogP contribution in [0.1, 0.15) is 17.5 Å². The van der Waals surface area contributed by atoms with Crippen LogP contribution in [0.3, 0.4) is 0 Å². The molecule has 1 radical (unpaired) electrons. The Morgan fingerprint density at radius 2 is 1.43 bits per heavy atom. The van der Waals surface area contributed by atoms with Crippen LogP contribution in [0.5, 0.6) is 0 Å². The van der Waals surface area contributed by atoms with Gasteiger partial charge in [-0.15, -0.1) is 0 Å². The first-order valence-corrected chi connectivity index (χ1v) is 13.3. The number of nitrogens with two attached hydrogens (primary N) is 1. The van der Waals surface area contributed by atoms with E-state index in [9.17, 15) is 32.4 Å². The lowest BCUT2D eigenvalue weighted by molar-refractivity contribution is -0.140. The summed E-state index contributed by atoms with van der Waals surface area (Å²) < 4.78 is 23.3. The second kappa shape index (κ2) is 13.9. The van der Waals surface area contributed by atoms with E-state index in [1.165, 1.54) is 0 Å². The first kappa shape index (κ1) is 29.2. The number of sulfone groups is 1. The molecule has 2 aromatic rings. The Balaban J connectivity index is 2.21. The average Bonchev–Trinajstić information content (AvgIpc) is 2.84. The maximum absolute atomic E-state index is 13.1. The molecule has 0 spiro atoms. The van der Waals surface area contributed by atoms with Gasteiger partial charge in [0.05, 0.1) is 5.75 Å². The van der Waals surface area contributed by atoms with Gasteiger partial charge in [-0.05, 0) is 17.5 Å². The van der Waals surface area contributed by atoms with Crippen LogP contribution in [0, 0.1) is 6.42 Å². The summed E-state index contributed by atoms with van der Waals surface area (Å²) in [7, 11) is -3.52. The maximum atomic E-state index is 13.1. The van der Waals surface area contributed by atoms with E-state index in [2.05, 4.69) is 16.0 Å². The molecule has 0 aromatic heterocycles. The molecule has 2 rings (SSSR count). The fraction of sp³-hybridized carbons (Fsp3) is 0.280. The van der Waals surface area contributed by atoms with Crippen molar-refractivity contribution in [2.24, 2.45) is 5.73 Å². The molecule has 0 saturated carbocycles. The predicted octanol–water partition coefficient (Wildman–Crippen LogP) is -0.792. The fourth-order valence-corrected chi connectivity index (χ4v) is 3.96. The van der Waals surface area contributed by atoms with E-state index in [0.717, 1.165) is 11.8 Å². The van der Waals surface area contributed by atoms with E-state index in [0.29, 0.717) is 12.0 Å². The Kier molecular flexibility index (Phi) is 10.9. The van der Waals surface area contributed by atoms with E-state index in [4.69, 9.17) is 5.73 Å². The Labute approximate surface area is 215 Å². The van der Waals surface area contributed by atoms with Gasteiger partial charge < -0.3 is 21.7 Å². The predicted molar refractivity (Wildman–Crippen MR) is 135 cm³/mol. The van der Waals surface area contributed by atoms with Crippen LogP contribution in [0.25, 0.3) is 0 Å². The number of carbonyl (C=O) groups is 5. The third-order valence-electron chi connectivity index (χ3n) is 5.12. The van der Waals surface area contributed by atoms with Crippen LogP contribution < -0.4 is 21.7 Å². The fourth-order valence-electron chi connectivity index (χ4n) is 3.30. The van der Waals surface area contributed by atoms with E-state index in [1.807, 2.05) is 6.07 Å². The van der Waals surface area contributed by atoms with Crippen LogP contribution in [0.2, 0.25) is 0 Å². The Morgan fingerprint density at radius 1 is 0.865 bits per heavy atom. The van der Waals surface area contributed by atoms with Crippen LogP contribution in [-0.4, -0.2) is 61.9 Å². The largest absolute Gasteiger partial charge is 0.369 e. The quantitative estimate of drug-likeness (QED) is 0.183. The highest BCUT2D eigenvalue weighted by atomic mass is 32.2. The van der Waals surface area contributed by atoms with Gasteiger partial charge in [-0.25, -0.2) is 8.42 Å². The number of hydrogen-bond acceptors (Lipinski definition) is 7. The Bertz CT molecular complexity index is 1220. The number of amides is 4. The molecule has 12 heteroatoms. The standard InChI is InChI=1S/C25H29N4O7S/c1-37(35,36)13-12-19(28-22(31)15-21(26)30)24(33)29-20(14-17-8-4-2-5-9-17)23(32)25(34)27-16-18-10-6-3-7-11-18/h2-11,15,19-20H,12-14,16H2,1H3,(H2,26,30)(H,27,34)(H,28,31)(H,29,33)/t19-,20-/m0/s1. The van der Waals surface area contributed by atoms with E-state index < -0.39 is 57.1 Å². The van der Waals surface area contributed by atoms with Crippen molar-refractivity contribution in [1.82, 2.24) is 16.0 Å². The van der Waals surface area contributed by atoms with Gasteiger partial charge in [-0.1, -0.05) is 60.7 Å². The molecule has 0 saturated heterocycles. The van der Waals surface area contributed by atoms with Crippen LogP contribution >= 0.6 is 0 Å². The minimum absolute atomic E-state index is 0.0374. The number of benzene rings is 2. The van der Waals surface area contributed by atoms with Gasteiger partial charge in [-0.3, -0.25) is 24.0 Å². The van der Waals surface area contributed by atoms with Crippen molar-refractivity contribution in [3.05, 3.63) is 78.2 Å². The lowest BCUT2D eigenvalue weighted by Crippen LogP contribution is -2.55. The van der Waals surface area contributed by atoms with Crippen molar-refractivity contribution in [1.29, 1.82) is 0 Å². The van der Waals surface area contributed by atoms with Crippen LogP contribution in [0.15, 0.2) is 60.7 Å². The number of carbonyl (C=O) groups excluding carboxylic acids is 5. The van der Waals surface area contributed by atoms with Crippen LogP contribution in [0.4, 0.5) is 0 Å². The second-order valence-corrected chi connectivity index (χ2v) is 10.6. The van der Waals surface area contributed by atoms with Crippen molar-refractivity contribution in [2.45, 2.75) is 31.5 Å². The second-order valence-electron chi connectivity index (χ2n) is 8.31. The van der Waals surface area contributed by atoms with Crippen molar-refractivity contribution in [3.63, 3.8) is 0 Å². The van der Waals surface area contributed by atoms with Gasteiger partial charge in [-0.2, -0.15) is 0 Å². The average molecular weight is 530 g/mol. The molecule has 37 heavy (non-hydrogen) atoms. The normalized spacial score (nSPS) is 12.6. The van der Waals surface area contributed by atoms with Gasteiger partial charge in [0.1, 0.15) is 28.3 Å². The summed E-state index contributed by atoms with van der Waals surface area (Å²) in [6, 6.07) is 14.8. The first-order chi connectivity index (χ1) is 17.4. The van der Waals surface area contributed by atoms with Crippen LogP contribution in [-0.2, 0) is 46.8 Å². The topological polar surface area (TPSA) is 182 Å². The van der Waals surface area contributed by atoms with Gasteiger partial charge in [0, 0.05) is 19.2 Å². The minimum atomic E-state index is -3.52. The maximum Gasteiger partial charge on any atom is 0.289 e. The number of ketones is 1. The molecule has 0 aliphatic carbocycles. The zero-order chi connectivity index (χ0) is 27.4. The van der Waals surface area contributed by atoms with Gasteiger partial charge >= 0.3 is 0 Å². The minimum Gasteiger partial charge on any atom is -0.369 e. The third kappa shape index (κ3) is 11.0. The monoisotopic (exact) mass is 529 g/mol. The number of nitrogens with one attached hydrogen (secondary N) is 3. The number of hydrogen-bond donors (Lipinski definition) is 4. The molecule has 0 bridgehead atoms. The highest BCUT2D eigenvalue weighted by Gasteiger charge is 2.31. The lowest BCUT2D eigenvalue weighted by atomic mass is 10.0. The Morgan fingerprint density at radius 3 is 1.97 bits per heavy atom. The number of Topliss-reactive ketones (excluding diaryl/α,β-unsaturated/α-hetero) is 1. The molecule has 2 atom stereocenters. The highest BCUT2D eigenvalue weighted by Crippen LogP contribution is 2.07. The summed E-state index contributed by atoms with van der Waals surface area (Å²) in [6.45, 7) is 0.0907. The van der Waals surface area contributed by atoms with Crippen molar-refractivity contribution in [3.8, 4) is 0 Å².